The van der Waals surface area contributed by atoms with Crippen LogP contribution in [-0.4, -0.2) is 82.8 Å². The molecule has 15 heteroatoms. The number of hydrogen-bond acceptors (Lipinski definition) is 8. The Kier molecular flexibility index (Phi) is 13.4. The fourth-order valence-corrected chi connectivity index (χ4v) is 2.49. The summed E-state index contributed by atoms with van der Waals surface area (Å²) in [6, 6.07) is -3.44. The minimum atomic E-state index is -1.26. The van der Waals surface area contributed by atoms with Gasteiger partial charge in [-0.25, -0.2) is 4.79 Å². The van der Waals surface area contributed by atoms with E-state index >= 15 is 0 Å². The Morgan fingerprint density at radius 2 is 1.61 bits per heavy atom. The molecule has 176 valence electrons. The molecule has 0 heterocycles. The van der Waals surface area contributed by atoms with E-state index in [1.165, 1.54) is 0 Å². The molecule has 0 aromatic carbocycles. The Bertz CT molecular complexity index is 677. The van der Waals surface area contributed by atoms with E-state index in [4.69, 9.17) is 22.0 Å². The predicted molar refractivity (Wildman–Crippen MR) is 112 cm³/mol. The smallest absolute Gasteiger partial charge is 0.326 e. The van der Waals surface area contributed by atoms with Crippen LogP contribution in [0.3, 0.4) is 0 Å². The first-order chi connectivity index (χ1) is 14.5. The van der Waals surface area contributed by atoms with E-state index in [0.717, 1.165) is 0 Å². The second kappa shape index (κ2) is 14.8. The molecule has 0 radical (unpaired) electrons. The standard InChI is InChI=1S/C16H29N7O7S/c17-8(13(27)23-9(15(29)30)2-1-5-20-16(18)19)3-4-11(24)22-10(7-31)14(28)21-6-12(25)26/h8-10,31H,1-7,17H2,(H,21,28)(H,22,24)(H,23,27)(H,25,26)(H,29,30)(H4,18,19,20)/t8-,9-,10-/m0/s1. The lowest BCUT2D eigenvalue weighted by molar-refractivity contribution is -0.142. The number of nitrogens with one attached hydrogen (secondary N) is 5. The zero-order chi connectivity index (χ0) is 24.0. The first kappa shape index (κ1) is 27.9. The lowest BCUT2D eigenvalue weighted by atomic mass is 10.1. The molecule has 3 amide bonds. The van der Waals surface area contributed by atoms with Gasteiger partial charge in [0.15, 0.2) is 5.96 Å². The number of amides is 3. The molecule has 0 aliphatic rings. The SMILES string of the molecule is N=C(N)NCCC[C@H](NC(=O)[C@@H](N)CCC(=O)N[C@@H](CS)C(=O)NCC(=O)O)C(=O)O. The predicted octanol–water partition coefficient (Wildman–Crippen LogP) is -3.46. The van der Waals surface area contributed by atoms with Gasteiger partial charge in [-0.2, -0.15) is 12.6 Å². The number of thiol groups is 1. The number of carboxylic acids is 2. The highest BCUT2D eigenvalue weighted by molar-refractivity contribution is 7.80. The zero-order valence-corrected chi connectivity index (χ0v) is 17.6. The zero-order valence-electron chi connectivity index (χ0n) is 16.7. The molecule has 0 bridgehead atoms. The van der Waals surface area contributed by atoms with Crippen molar-refractivity contribution < 1.29 is 34.2 Å². The maximum absolute atomic E-state index is 12.1. The number of rotatable bonds is 15. The summed E-state index contributed by atoms with van der Waals surface area (Å²) in [6.07, 6.45) is 0.0461. The van der Waals surface area contributed by atoms with E-state index in [0.29, 0.717) is 6.42 Å². The molecular weight excluding hydrogens is 434 g/mol. The number of carbonyl (C=O) groups excluding carboxylic acids is 3. The highest BCUT2D eigenvalue weighted by Gasteiger charge is 2.24. The summed E-state index contributed by atoms with van der Waals surface area (Å²) in [5, 5.41) is 34.0. The van der Waals surface area contributed by atoms with Crippen molar-refractivity contribution in [3.8, 4) is 0 Å². The molecule has 0 aliphatic carbocycles. The Labute approximate surface area is 183 Å². The van der Waals surface area contributed by atoms with Crippen LogP contribution in [0.15, 0.2) is 0 Å². The van der Waals surface area contributed by atoms with Gasteiger partial charge in [0.1, 0.15) is 18.6 Å². The van der Waals surface area contributed by atoms with Crippen molar-refractivity contribution in [1.82, 2.24) is 21.3 Å². The van der Waals surface area contributed by atoms with Crippen molar-refractivity contribution in [2.75, 3.05) is 18.8 Å². The molecule has 0 saturated carbocycles. The fourth-order valence-electron chi connectivity index (χ4n) is 2.23. The molecule has 0 rings (SSSR count). The first-order valence-electron chi connectivity index (χ1n) is 9.24. The average molecular weight is 464 g/mol. The summed E-state index contributed by atoms with van der Waals surface area (Å²) in [4.78, 5) is 57.6. The average Bonchev–Trinajstić information content (AvgIpc) is 2.69. The van der Waals surface area contributed by atoms with Crippen LogP contribution >= 0.6 is 12.6 Å². The van der Waals surface area contributed by atoms with Crippen LogP contribution in [0.4, 0.5) is 0 Å². The van der Waals surface area contributed by atoms with Gasteiger partial charge in [-0.15, -0.1) is 0 Å². The first-order valence-corrected chi connectivity index (χ1v) is 9.87. The summed E-state index contributed by atoms with van der Waals surface area (Å²) >= 11 is 3.93. The van der Waals surface area contributed by atoms with Crippen molar-refractivity contribution in [3.05, 3.63) is 0 Å². The Morgan fingerprint density at radius 3 is 2.13 bits per heavy atom. The number of carbonyl (C=O) groups is 5. The fraction of sp³-hybridized carbons (Fsp3) is 0.625. The van der Waals surface area contributed by atoms with Crippen LogP contribution in [0, 0.1) is 5.41 Å². The number of guanidine groups is 1. The molecule has 3 atom stereocenters. The van der Waals surface area contributed by atoms with Crippen LogP contribution < -0.4 is 32.7 Å². The molecule has 0 aliphatic heterocycles. The summed E-state index contributed by atoms with van der Waals surface area (Å²) in [5.41, 5.74) is 10.8. The molecular formula is C16H29N7O7S. The number of aliphatic carboxylic acids is 2. The summed E-state index contributed by atoms with van der Waals surface area (Å²) in [6.45, 7) is -0.354. The van der Waals surface area contributed by atoms with Gasteiger partial charge in [0.25, 0.3) is 0 Å². The minimum Gasteiger partial charge on any atom is -0.480 e. The van der Waals surface area contributed by atoms with E-state index < -0.39 is 54.3 Å². The topological polar surface area (TPSA) is 250 Å². The van der Waals surface area contributed by atoms with Gasteiger partial charge in [-0.1, -0.05) is 0 Å². The molecule has 0 spiro atoms. The third-order valence-electron chi connectivity index (χ3n) is 3.87. The Morgan fingerprint density at radius 1 is 0.968 bits per heavy atom. The summed E-state index contributed by atoms with van der Waals surface area (Å²) < 4.78 is 0. The third kappa shape index (κ3) is 13.0. The Balaban J connectivity index is 4.49. The summed E-state index contributed by atoms with van der Waals surface area (Å²) in [5.74, 6) is -4.94. The van der Waals surface area contributed by atoms with Crippen LogP contribution in [-0.2, 0) is 24.0 Å². The maximum atomic E-state index is 12.1. The van der Waals surface area contributed by atoms with Crippen molar-refractivity contribution in [2.24, 2.45) is 11.5 Å². The van der Waals surface area contributed by atoms with Gasteiger partial charge in [-0.3, -0.25) is 24.6 Å². The van der Waals surface area contributed by atoms with Crippen molar-refractivity contribution >= 4 is 48.2 Å². The van der Waals surface area contributed by atoms with Gasteiger partial charge in [0.05, 0.1) is 6.04 Å². The van der Waals surface area contributed by atoms with E-state index in [9.17, 15) is 29.1 Å². The lowest BCUT2D eigenvalue weighted by Crippen LogP contribution is -2.50. The normalized spacial score (nSPS) is 13.2. The van der Waals surface area contributed by atoms with E-state index in [1.807, 2.05) is 0 Å². The van der Waals surface area contributed by atoms with Crippen LogP contribution in [0.5, 0.6) is 0 Å². The van der Waals surface area contributed by atoms with Crippen molar-refractivity contribution in [3.63, 3.8) is 0 Å². The van der Waals surface area contributed by atoms with E-state index in [1.54, 1.807) is 0 Å². The van der Waals surface area contributed by atoms with Gasteiger partial charge in [0, 0.05) is 18.7 Å². The minimum absolute atomic E-state index is 0.0731. The van der Waals surface area contributed by atoms with Crippen LogP contribution in [0.1, 0.15) is 25.7 Å². The molecule has 0 aromatic rings. The number of carboxylic acid groups (broad SMARTS) is 2. The third-order valence-corrected chi connectivity index (χ3v) is 4.23. The molecule has 0 aromatic heterocycles. The van der Waals surface area contributed by atoms with Crippen LogP contribution in [0.25, 0.3) is 0 Å². The number of hydrogen-bond donors (Lipinski definition) is 10. The van der Waals surface area contributed by atoms with Gasteiger partial charge in [-0.05, 0) is 19.3 Å². The second-order valence-electron chi connectivity index (χ2n) is 6.44. The Hall–Kier alpha value is -3.07. The van der Waals surface area contributed by atoms with E-state index in [2.05, 4.69) is 33.9 Å². The molecule has 31 heavy (non-hydrogen) atoms. The van der Waals surface area contributed by atoms with Gasteiger partial charge >= 0.3 is 11.9 Å². The molecule has 0 unspecified atom stereocenters. The molecule has 0 saturated heterocycles. The number of nitrogens with two attached hydrogens (primary N) is 2. The quantitative estimate of drug-likeness (QED) is 0.0497. The van der Waals surface area contributed by atoms with Crippen molar-refractivity contribution in [2.45, 2.75) is 43.8 Å². The van der Waals surface area contributed by atoms with Gasteiger partial charge in [0.2, 0.25) is 17.7 Å². The van der Waals surface area contributed by atoms with Crippen LogP contribution in [0.2, 0.25) is 0 Å². The highest BCUT2D eigenvalue weighted by atomic mass is 32.1. The maximum Gasteiger partial charge on any atom is 0.326 e. The molecule has 14 nitrogen and oxygen atoms in total. The largest absolute Gasteiger partial charge is 0.480 e. The molecule has 0 fully saturated rings. The lowest BCUT2D eigenvalue weighted by Gasteiger charge is -2.19. The monoisotopic (exact) mass is 463 g/mol. The van der Waals surface area contributed by atoms with E-state index in [-0.39, 0.29) is 37.5 Å². The summed E-state index contributed by atoms with van der Waals surface area (Å²) in [7, 11) is 0. The van der Waals surface area contributed by atoms with Crippen molar-refractivity contribution in [1.29, 1.82) is 5.41 Å². The van der Waals surface area contributed by atoms with Gasteiger partial charge < -0.3 is 42.9 Å². The molecule has 11 N–H and O–H groups in total. The second-order valence-corrected chi connectivity index (χ2v) is 6.81. The highest BCUT2D eigenvalue weighted by Crippen LogP contribution is 2.01.